The highest BCUT2D eigenvalue weighted by Gasteiger charge is 2.34. The number of rotatable bonds is 2. The van der Waals surface area contributed by atoms with Crippen LogP contribution in [-0.4, -0.2) is 21.7 Å². The third kappa shape index (κ3) is 2.59. The quantitative estimate of drug-likeness (QED) is 0.775. The number of aromatic carboxylic acids is 1. The van der Waals surface area contributed by atoms with Gasteiger partial charge in [-0.2, -0.15) is 13.2 Å². The highest BCUT2D eigenvalue weighted by Crippen LogP contribution is 2.31. The van der Waals surface area contributed by atoms with Crippen LogP contribution in [0.15, 0.2) is 6.20 Å². The van der Waals surface area contributed by atoms with Crippen LogP contribution in [0.25, 0.3) is 0 Å². The van der Waals surface area contributed by atoms with Crippen molar-refractivity contribution in [3.63, 3.8) is 0 Å². The Bertz CT molecular complexity index is 439. The van der Waals surface area contributed by atoms with Crippen LogP contribution in [0.2, 0.25) is 0 Å². The van der Waals surface area contributed by atoms with Crippen molar-refractivity contribution in [2.24, 2.45) is 5.92 Å². The summed E-state index contributed by atoms with van der Waals surface area (Å²) in [5, 5.41) is 10.7. The van der Waals surface area contributed by atoms with Crippen molar-refractivity contribution >= 4 is 5.97 Å². The Kier molecular flexibility index (Phi) is 2.84. The minimum Gasteiger partial charge on any atom is -0.542 e. The number of nitrogens with zero attached hydrogens (tertiary/aromatic N) is 2. The van der Waals surface area contributed by atoms with E-state index in [4.69, 9.17) is 0 Å². The maximum Gasteiger partial charge on any atom is 0.389 e. The monoisotopic (exact) mass is 247 g/mol. The van der Waals surface area contributed by atoms with Gasteiger partial charge in [-0.05, 0) is 18.8 Å². The molecule has 0 bridgehead atoms. The summed E-state index contributed by atoms with van der Waals surface area (Å²) in [7, 11) is 0. The van der Waals surface area contributed by atoms with E-state index in [0.717, 1.165) is 0 Å². The molecule has 0 aromatic carbocycles. The molecule has 0 fully saturated rings. The van der Waals surface area contributed by atoms with Crippen molar-refractivity contribution in [3.05, 3.63) is 17.7 Å². The first-order valence-corrected chi connectivity index (χ1v) is 5.19. The average Bonchev–Trinajstić information content (AvgIpc) is 2.57. The Labute approximate surface area is 95.1 Å². The molecule has 0 spiro atoms. The smallest absolute Gasteiger partial charge is 0.389 e. The first kappa shape index (κ1) is 11.9. The van der Waals surface area contributed by atoms with Gasteiger partial charge >= 0.3 is 6.18 Å². The third-order valence-corrected chi connectivity index (χ3v) is 2.89. The topological polar surface area (TPSA) is 57.9 Å². The molecule has 0 radical (unpaired) electrons. The molecule has 0 saturated heterocycles. The van der Waals surface area contributed by atoms with Gasteiger partial charge in [0.15, 0.2) is 5.82 Å². The van der Waals surface area contributed by atoms with Gasteiger partial charge in [0.2, 0.25) is 0 Å². The van der Waals surface area contributed by atoms with Gasteiger partial charge in [-0.25, -0.2) is 4.98 Å². The zero-order chi connectivity index (χ0) is 12.6. The first-order valence-electron chi connectivity index (χ1n) is 5.19. The highest BCUT2D eigenvalue weighted by molar-refractivity contribution is 5.81. The Morgan fingerprint density at radius 1 is 1.59 bits per heavy atom. The molecule has 0 aliphatic carbocycles. The van der Waals surface area contributed by atoms with Gasteiger partial charge in [-0.15, -0.1) is 0 Å². The van der Waals surface area contributed by atoms with Gasteiger partial charge in [0.1, 0.15) is 5.97 Å². The predicted molar refractivity (Wildman–Crippen MR) is 49.0 cm³/mol. The van der Waals surface area contributed by atoms with Crippen molar-refractivity contribution in [2.45, 2.75) is 32.0 Å². The maximum atomic E-state index is 12.2. The number of fused-ring (bicyclic) bond motifs is 1. The molecular weight excluding hydrogens is 237 g/mol. The average molecular weight is 247 g/mol. The molecule has 0 saturated carbocycles. The van der Waals surface area contributed by atoms with Crippen molar-refractivity contribution in [1.29, 1.82) is 0 Å². The summed E-state index contributed by atoms with van der Waals surface area (Å²) in [6.07, 6.45) is -2.91. The second kappa shape index (κ2) is 4.05. The zero-order valence-corrected chi connectivity index (χ0v) is 8.83. The number of carbonyl (C=O) groups is 1. The number of carbonyl (C=O) groups excluding carboxylic acids is 1. The molecule has 1 aromatic heterocycles. The summed E-state index contributed by atoms with van der Waals surface area (Å²) in [6.45, 7) is 0.0398. The van der Waals surface area contributed by atoms with Crippen LogP contribution in [0.4, 0.5) is 13.2 Å². The molecular formula is C10H10F3N2O2-. The van der Waals surface area contributed by atoms with E-state index in [0.29, 0.717) is 18.5 Å². The lowest BCUT2D eigenvalue weighted by molar-refractivity contribution is -0.256. The summed E-state index contributed by atoms with van der Waals surface area (Å²) in [5.74, 6) is -2.33. The molecule has 4 nitrogen and oxygen atoms in total. The number of aryl methyl sites for hydroxylation is 1. The molecule has 17 heavy (non-hydrogen) atoms. The minimum absolute atomic E-state index is 0.0398. The van der Waals surface area contributed by atoms with Crippen LogP contribution in [-0.2, 0) is 13.0 Å². The molecule has 1 aliphatic heterocycles. The summed E-state index contributed by atoms with van der Waals surface area (Å²) in [4.78, 5) is 14.4. The fourth-order valence-corrected chi connectivity index (χ4v) is 2.17. The van der Waals surface area contributed by atoms with Crippen LogP contribution in [0.1, 0.15) is 29.2 Å². The summed E-state index contributed by atoms with van der Waals surface area (Å²) in [5.41, 5.74) is 0.655. The van der Waals surface area contributed by atoms with E-state index in [1.165, 1.54) is 10.8 Å². The van der Waals surface area contributed by atoms with Gasteiger partial charge in [-0.1, -0.05) is 0 Å². The number of hydrogen-bond acceptors (Lipinski definition) is 3. The molecule has 1 aromatic rings. The zero-order valence-electron chi connectivity index (χ0n) is 8.83. The van der Waals surface area contributed by atoms with Crippen molar-refractivity contribution in [2.75, 3.05) is 0 Å². The van der Waals surface area contributed by atoms with Gasteiger partial charge in [0.05, 0.1) is 0 Å². The lowest BCUT2D eigenvalue weighted by Crippen LogP contribution is -2.31. The van der Waals surface area contributed by atoms with Gasteiger partial charge in [0.25, 0.3) is 0 Å². The number of carboxylic acids is 1. The van der Waals surface area contributed by atoms with Crippen LogP contribution in [0.3, 0.4) is 0 Å². The minimum atomic E-state index is -4.22. The largest absolute Gasteiger partial charge is 0.542 e. The fourth-order valence-electron chi connectivity index (χ4n) is 2.17. The summed E-state index contributed by atoms with van der Waals surface area (Å²) in [6, 6.07) is 0. The second-order valence-electron chi connectivity index (χ2n) is 4.20. The predicted octanol–water partition coefficient (Wildman–Crippen LogP) is 0.761. The van der Waals surface area contributed by atoms with Gasteiger partial charge in [-0.3, -0.25) is 0 Å². The number of halogens is 3. The number of hydrogen-bond donors (Lipinski definition) is 0. The molecule has 2 rings (SSSR count). The van der Waals surface area contributed by atoms with Gasteiger partial charge < -0.3 is 14.5 Å². The van der Waals surface area contributed by atoms with E-state index in [1.54, 1.807) is 0 Å². The Hall–Kier alpha value is -1.53. The molecule has 1 unspecified atom stereocenters. The molecule has 2 heterocycles. The van der Waals surface area contributed by atoms with E-state index in [1.807, 2.05) is 0 Å². The Morgan fingerprint density at radius 3 is 2.88 bits per heavy atom. The third-order valence-electron chi connectivity index (χ3n) is 2.89. The van der Waals surface area contributed by atoms with Crippen LogP contribution in [0.5, 0.6) is 0 Å². The number of imidazole rings is 1. The lowest BCUT2D eigenvalue weighted by atomic mass is 9.94. The molecule has 94 valence electrons. The normalized spacial score (nSPS) is 20.1. The van der Waals surface area contributed by atoms with Crippen molar-refractivity contribution < 1.29 is 23.1 Å². The summed E-state index contributed by atoms with van der Waals surface area (Å²) < 4.78 is 38.1. The van der Waals surface area contributed by atoms with Crippen molar-refractivity contribution in [1.82, 2.24) is 9.55 Å². The molecule has 1 aliphatic rings. The fraction of sp³-hybridized carbons (Fsp3) is 0.600. The van der Waals surface area contributed by atoms with E-state index >= 15 is 0 Å². The van der Waals surface area contributed by atoms with Gasteiger partial charge in [0, 0.05) is 24.9 Å². The summed E-state index contributed by atoms with van der Waals surface area (Å²) >= 11 is 0. The molecule has 1 atom stereocenters. The SMILES string of the molecule is O=C([O-])c1ncc2n1CC(CC(F)(F)F)CC2. The maximum absolute atomic E-state index is 12.2. The van der Waals surface area contributed by atoms with E-state index < -0.39 is 24.5 Å². The van der Waals surface area contributed by atoms with E-state index in [-0.39, 0.29) is 12.4 Å². The standard InChI is InChI=1S/C10H11F3N2O2/c11-10(12,13)3-6-1-2-7-4-14-8(9(16)17)15(7)5-6/h4,6H,1-3,5H2,(H,16,17)/p-1. The number of aromatic nitrogens is 2. The molecule has 7 heteroatoms. The lowest BCUT2D eigenvalue weighted by Gasteiger charge is -2.26. The number of alkyl halides is 3. The van der Waals surface area contributed by atoms with E-state index in [2.05, 4.69) is 4.98 Å². The van der Waals surface area contributed by atoms with Crippen LogP contribution in [0, 0.1) is 5.92 Å². The van der Waals surface area contributed by atoms with Crippen LogP contribution < -0.4 is 5.11 Å². The molecule has 0 amide bonds. The van der Waals surface area contributed by atoms with Crippen molar-refractivity contribution in [3.8, 4) is 0 Å². The van der Waals surface area contributed by atoms with Crippen LogP contribution >= 0.6 is 0 Å². The van der Waals surface area contributed by atoms with E-state index in [9.17, 15) is 23.1 Å². The second-order valence-corrected chi connectivity index (χ2v) is 4.20. The molecule has 0 N–H and O–H groups in total. The number of carboxylic acid groups (broad SMARTS) is 1. The Morgan fingerprint density at radius 2 is 2.29 bits per heavy atom. The highest BCUT2D eigenvalue weighted by atomic mass is 19.4. The Balaban J connectivity index is 2.17. The first-order chi connectivity index (χ1) is 7.87.